The van der Waals surface area contributed by atoms with Gasteiger partial charge in [-0.3, -0.25) is 0 Å². The van der Waals surface area contributed by atoms with Gasteiger partial charge in [0.05, 0.1) is 9.75 Å². The Morgan fingerprint density at radius 3 is 1.00 bits per heavy atom. The molecule has 0 aromatic rings. The molecule has 8 heteroatoms. The molecule has 0 amide bonds. The van der Waals surface area contributed by atoms with E-state index in [1.165, 1.54) is 0 Å². The van der Waals surface area contributed by atoms with E-state index < -0.39 is 17.1 Å². The molecule has 0 rings (SSSR count). The lowest BCUT2D eigenvalue weighted by molar-refractivity contribution is 0.186. The van der Waals surface area contributed by atoms with Crippen LogP contribution in [-0.4, -0.2) is 53.3 Å². The van der Waals surface area contributed by atoms with E-state index in [1.807, 2.05) is 21.6 Å². The van der Waals surface area contributed by atoms with Gasteiger partial charge in [0.25, 0.3) is 0 Å². The maximum absolute atomic E-state index is 6.10. The fraction of sp³-hybridized carbons (Fsp3) is 1.00. The Hall–Kier alpha value is 0.974. The predicted octanol–water partition coefficient (Wildman–Crippen LogP) is 5.29. The third kappa shape index (κ3) is 7.69. The maximum atomic E-state index is 6.10. The largest absolute Gasteiger partial charge is 0.394 e. The van der Waals surface area contributed by atoms with Crippen LogP contribution in [0, 0.1) is 0 Å². The highest BCUT2D eigenvalue weighted by atomic mass is 33.1. The van der Waals surface area contributed by atoms with E-state index in [1.54, 1.807) is 0 Å². The number of hydrogen-bond acceptors (Lipinski definition) is 6. The first-order valence-corrected chi connectivity index (χ1v) is 16.3. The lowest BCUT2D eigenvalue weighted by Crippen LogP contribution is -2.51. The Morgan fingerprint density at radius 1 is 0.583 bits per heavy atom. The van der Waals surface area contributed by atoms with Crippen LogP contribution in [-0.2, 0) is 17.7 Å². The first kappa shape index (κ1) is 25.0. The van der Waals surface area contributed by atoms with E-state index >= 15 is 0 Å². The zero-order valence-electron chi connectivity index (χ0n) is 16.8. The van der Waals surface area contributed by atoms with Crippen molar-refractivity contribution in [2.75, 3.05) is 26.4 Å². The normalized spacial score (nSPS) is 15.5. The highest BCUT2D eigenvalue weighted by Gasteiger charge is 2.44. The minimum atomic E-state index is -2.18. The van der Waals surface area contributed by atoms with Gasteiger partial charge < -0.3 is 17.7 Å². The molecule has 0 N–H and O–H groups in total. The molecule has 0 saturated heterocycles. The van der Waals surface area contributed by atoms with Gasteiger partial charge in [-0.05, 0) is 53.6 Å². The molecule has 0 aliphatic rings. The molecule has 0 aromatic carbocycles. The monoisotopic (exact) mass is 414 g/mol. The van der Waals surface area contributed by atoms with E-state index in [0.29, 0.717) is 36.2 Å². The fourth-order valence-corrected chi connectivity index (χ4v) is 16.0. The van der Waals surface area contributed by atoms with Crippen molar-refractivity contribution in [3.63, 3.8) is 0 Å². The quantitative estimate of drug-likeness (QED) is 0.267. The standard InChI is InChI=1S/C16H38O4S2Si2/c1-9-15(23(7,17-11-3)18-12-4)21-22-16(10-2)24(8,19-13-5)20-14-6/h15-16H,9-14H2,1-8H3. The highest BCUT2D eigenvalue weighted by Crippen LogP contribution is 2.42. The van der Waals surface area contributed by atoms with E-state index in [9.17, 15) is 0 Å². The molecule has 0 heterocycles. The average molecular weight is 415 g/mol. The van der Waals surface area contributed by atoms with E-state index in [2.05, 4.69) is 54.6 Å². The van der Waals surface area contributed by atoms with Gasteiger partial charge in [-0.15, -0.1) is 0 Å². The molecule has 4 nitrogen and oxygen atoms in total. The SMILES string of the molecule is CCO[Si](C)(OCC)C(CC)SSC(CC)[Si](C)(OCC)OCC. The minimum absolute atomic E-state index is 0.401. The summed E-state index contributed by atoms with van der Waals surface area (Å²) in [5.74, 6) is 0. The molecular formula is C16H38O4S2Si2. The van der Waals surface area contributed by atoms with Crippen LogP contribution in [0.2, 0.25) is 13.1 Å². The van der Waals surface area contributed by atoms with Crippen molar-refractivity contribution in [1.29, 1.82) is 0 Å². The summed E-state index contributed by atoms with van der Waals surface area (Å²) in [6.07, 6.45) is 2.11. The van der Waals surface area contributed by atoms with Crippen molar-refractivity contribution in [3.05, 3.63) is 0 Å². The topological polar surface area (TPSA) is 36.9 Å². The summed E-state index contributed by atoms with van der Waals surface area (Å²) in [6, 6.07) is 0. The fourth-order valence-electron chi connectivity index (χ4n) is 2.79. The highest BCUT2D eigenvalue weighted by molar-refractivity contribution is 8.77. The van der Waals surface area contributed by atoms with Gasteiger partial charge in [-0.25, -0.2) is 0 Å². The van der Waals surface area contributed by atoms with Crippen LogP contribution < -0.4 is 0 Å². The zero-order chi connectivity index (χ0) is 18.6. The summed E-state index contributed by atoms with van der Waals surface area (Å²) in [6.45, 7) is 19.9. The molecular weight excluding hydrogens is 376 g/mol. The molecule has 146 valence electrons. The van der Waals surface area contributed by atoms with Crippen LogP contribution in [0.3, 0.4) is 0 Å². The third-order valence-corrected chi connectivity index (χ3v) is 17.8. The van der Waals surface area contributed by atoms with Crippen LogP contribution in [0.25, 0.3) is 0 Å². The molecule has 0 bridgehead atoms. The molecule has 0 aliphatic carbocycles. The summed E-state index contributed by atoms with van der Waals surface area (Å²) < 4.78 is 24.4. The molecule has 0 saturated carbocycles. The number of hydrogen-bond donors (Lipinski definition) is 0. The molecule has 2 unspecified atom stereocenters. The second kappa shape index (κ2) is 13.2. The van der Waals surface area contributed by atoms with E-state index in [0.717, 1.165) is 12.8 Å². The van der Waals surface area contributed by atoms with Crippen LogP contribution in [0.1, 0.15) is 54.4 Å². The van der Waals surface area contributed by atoms with Gasteiger partial charge in [0.2, 0.25) is 0 Å². The van der Waals surface area contributed by atoms with Gasteiger partial charge in [-0.2, -0.15) is 0 Å². The van der Waals surface area contributed by atoms with Gasteiger partial charge in [0, 0.05) is 26.4 Å². The van der Waals surface area contributed by atoms with Gasteiger partial charge >= 0.3 is 17.1 Å². The van der Waals surface area contributed by atoms with E-state index in [-0.39, 0.29) is 0 Å². The van der Waals surface area contributed by atoms with Crippen molar-refractivity contribution in [1.82, 2.24) is 0 Å². The minimum Gasteiger partial charge on any atom is -0.394 e. The predicted molar refractivity (Wildman–Crippen MR) is 113 cm³/mol. The second-order valence-electron chi connectivity index (χ2n) is 5.75. The third-order valence-electron chi connectivity index (χ3n) is 3.92. The van der Waals surface area contributed by atoms with Gasteiger partial charge in [0.15, 0.2) is 0 Å². The summed E-state index contributed by atoms with van der Waals surface area (Å²) >= 11 is 0. The summed E-state index contributed by atoms with van der Waals surface area (Å²) in [5.41, 5.74) is 0. The molecule has 0 radical (unpaired) electrons. The lowest BCUT2D eigenvalue weighted by atomic mass is 10.6. The molecule has 0 fully saturated rings. The van der Waals surface area contributed by atoms with Crippen molar-refractivity contribution < 1.29 is 17.7 Å². The number of rotatable bonds is 15. The zero-order valence-corrected chi connectivity index (χ0v) is 20.5. The second-order valence-corrected chi connectivity index (χ2v) is 15.9. The van der Waals surface area contributed by atoms with Gasteiger partial charge in [0.1, 0.15) is 0 Å². The Kier molecular flexibility index (Phi) is 13.7. The van der Waals surface area contributed by atoms with Gasteiger partial charge in [-0.1, -0.05) is 35.4 Å². The van der Waals surface area contributed by atoms with Crippen molar-refractivity contribution >= 4 is 38.7 Å². The first-order valence-electron chi connectivity index (χ1n) is 9.25. The Bertz CT molecular complexity index is 282. The first-order chi connectivity index (χ1) is 11.4. The molecule has 0 aliphatic heterocycles. The van der Waals surface area contributed by atoms with Crippen LogP contribution in [0.5, 0.6) is 0 Å². The summed E-state index contributed by atoms with van der Waals surface area (Å²) in [7, 11) is -0.512. The Morgan fingerprint density at radius 2 is 0.833 bits per heavy atom. The van der Waals surface area contributed by atoms with E-state index in [4.69, 9.17) is 17.7 Å². The molecule has 0 aromatic heterocycles. The molecule has 0 spiro atoms. The van der Waals surface area contributed by atoms with Crippen molar-refractivity contribution in [2.24, 2.45) is 0 Å². The molecule has 2 atom stereocenters. The van der Waals surface area contributed by atoms with Crippen molar-refractivity contribution in [3.8, 4) is 0 Å². The lowest BCUT2D eigenvalue weighted by Gasteiger charge is -2.36. The van der Waals surface area contributed by atoms with Crippen LogP contribution in [0.4, 0.5) is 0 Å². The average Bonchev–Trinajstić information content (AvgIpc) is 2.52. The van der Waals surface area contributed by atoms with Crippen molar-refractivity contribution in [2.45, 2.75) is 77.2 Å². The summed E-state index contributed by atoms with van der Waals surface area (Å²) in [5, 5.41) is 0. The maximum Gasteiger partial charge on any atom is 0.349 e. The van der Waals surface area contributed by atoms with Crippen LogP contribution >= 0.6 is 21.6 Å². The Balaban J connectivity index is 5.04. The summed E-state index contributed by atoms with van der Waals surface area (Å²) in [4.78, 5) is 0.802. The Labute approximate surface area is 160 Å². The smallest absolute Gasteiger partial charge is 0.349 e. The molecule has 24 heavy (non-hydrogen) atoms. The van der Waals surface area contributed by atoms with Crippen LogP contribution in [0.15, 0.2) is 0 Å².